The lowest BCUT2D eigenvalue weighted by atomic mass is 10.0. The second kappa shape index (κ2) is 8.16. The molecule has 110 valence electrons. The van der Waals surface area contributed by atoms with Gasteiger partial charge >= 0.3 is 12.0 Å². The molecule has 0 saturated carbocycles. The maximum atomic E-state index is 11.8. The van der Waals surface area contributed by atoms with E-state index < -0.39 is 18.0 Å². The van der Waals surface area contributed by atoms with E-state index in [9.17, 15) is 9.59 Å². The van der Waals surface area contributed by atoms with E-state index in [1.165, 1.54) is 0 Å². The van der Waals surface area contributed by atoms with Crippen LogP contribution in [0.1, 0.15) is 24.9 Å². The lowest BCUT2D eigenvalue weighted by Gasteiger charge is -2.18. The minimum absolute atomic E-state index is 0.101. The number of ether oxygens (including phenoxy) is 1. The minimum Gasteiger partial charge on any atom is -0.481 e. The van der Waals surface area contributed by atoms with Crippen molar-refractivity contribution in [3.63, 3.8) is 0 Å². The summed E-state index contributed by atoms with van der Waals surface area (Å²) in [5.41, 5.74) is 0.754. The molecule has 1 aromatic carbocycles. The summed E-state index contributed by atoms with van der Waals surface area (Å²) in [6, 6.07) is 8.03. The number of carboxylic acids is 1. The molecule has 0 fully saturated rings. The van der Waals surface area contributed by atoms with Gasteiger partial charge in [-0.2, -0.15) is 0 Å². The molecule has 3 N–H and O–H groups in total. The van der Waals surface area contributed by atoms with E-state index in [-0.39, 0.29) is 12.5 Å². The van der Waals surface area contributed by atoms with Crippen molar-refractivity contribution in [1.82, 2.24) is 10.6 Å². The Balaban J connectivity index is 2.61. The maximum absolute atomic E-state index is 11.8. The fourth-order valence-corrected chi connectivity index (χ4v) is 1.64. The number of methoxy groups -OCH3 is 1. The molecular formula is C14H20N2O4. The maximum Gasteiger partial charge on any atom is 0.315 e. The van der Waals surface area contributed by atoms with Crippen LogP contribution in [0, 0.1) is 0 Å². The predicted molar refractivity (Wildman–Crippen MR) is 74.4 cm³/mol. The molecule has 20 heavy (non-hydrogen) atoms. The number of amides is 2. The van der Waals surface area contributed by atoms with E-state index in [0.29, 0.717) is 6.54 Å². The third kappa shape index (κ3) is 5.71. The third-order valence-electron chi connectivity index (χ3n) is 2.84. The largest absolute Gasteiger partial charge is 0.481 e. The fraction of sp³-hybridized carbons (Fsp3) is 0.429. The molecule has 2 amide bonds. The van der Waals surface area contributed by atoms with E-state index in [1.54, 1.807) is 31.4 Å². The van der Waals surface area contributed by atoms with Gasteiger partial charge in [-0.1, -0.05) is 30.3 Å². The first-order valence-electron chi connectivity index (χ1n) is 6.36. The van der Waals surface area contributed by atoms with Crippen molar-refractivity contribution in [1.29, 1.82) is 0 Å². The zero-order valence-electron chi connectivity index (χ0n) is 11.6. The molecular weight excluding hydrogens is 260 g/mol. The lowest BCUT2D eigenvalue weighted by Crippen LogP contribution is -2.41. The second-order valence-electron chi connectivity index (χ2n) is 4.46. The number of nitrogens with one attached hydrogen (secondary N) is 2. The quantitative estimate of drug-likeness (QED) is 0.707. The molecule has 2 atom stereocenters. The Labute approximate surface area is 118 Å². The van der Waals surface area contributed by atoms with Crippen molar-refractivity contribution in [2.24, 2.45) is 0 Å². The third-order valence-corrected chi connectivity index (χ3v) is 2.84. The SMILES string of the molecule is COC(C)CNC(=O)NC(CC(=O)O)c1ccccc1. The molecule has 6 nitrogen and oxygen atoms in total. The van der Waals surface area contributed by atoms with Gasteiger partial charge in [0, 0.05) is 13.7 Å². The Hall–Kier alpha value is -2.08. The van der Waals surface area contributed by atoms with E-state index in [1.807, 2.05) is 13.0 Å². The van der Waals surface area contributed by atoms with Gasteiger partial charge < -0.3 is 20.5 Å². The van der Waals surface area contributed by atoms with Gasteiger partial charge in [0.25, 0.3) is 0 Å². The number of carbonyl (C=O) groups is 2. The molecule has 0 aliphatic rings. The van der Waals surface area contributed by atoms with Gasteiger partial charge in [0.1, 0.15) is 0 Å². The zero-order valence-corrected chi connectivity index (χ0v) is 11.6. The van der Waals surface area contributed by atoms with Crippen LogP contribution in [0.3, 0.4) is 0 Å². The molecule has 2 unspecified atom stereocenters. The molecule has 0 aromatic heterocycles. The summed E-state index contributed by atoms with van der Waals surface area (Å²) < 4.78 is 5.02. The van der Waals surface area contributed by atoms with Crippen LogP contribution in [0.15, 0.2) is 30.3 Å². The van der Waals surface area contributed by atoms with Crippen molar-refractivity contribution >= 4 is 12.0 Å². The number of carboxylic acid groups (broad SMARTS) is 1. The van der Waals surface area contributed by atoms with Crippen LogP contribution >= 0.6 is 0 Å². The Morgan fingerprint density at radius 3 is 2.50 bits per heavy atom. The number of urea groups is 1. The van der Waals surface area contributed by atoms with E-state index >= 15 is 0 Å². The van der Waals surface area contributed by atoms with Crippen LogP contribution in [-0.2, 0) is 9.53 Å². The smallest absolute Gasteiger partial charge is 0.315 e. The van der Waals surface area contributed by atoms with Gasteiger partial charge in [-0.15, -0.1) is 0 Å². The zero-order chi connectivity index (χ0) is 15.0. The first-order valence-corrected chi connectivity index (χ1v) is 6.36. The second-order valence-corrected chi connectivity index (χ2v) is 4.46. The van der Waals surface area contributed by atoms with Crippen molar-refractivity contribution < 1.29 is 19.4 Å². The Bertz CT molecular complexity index is 436. The van der Waals surface area contributed by atoms with Crippen molar-refractivity contribution in [3.05, 3.63) is 35.9 Å². The van der Waals surface area contributed by atoms with Crippen LogP contribution in [-0.4, -0.2) is 36.9 Å². The number of aliphatic carboxylic acids is 1. The van der Waals surface area contributed by atoms with Gasteiger partial charge in [-0.25, -0.2) is 4.79 Å². The number of rotatable bonds is 7. The summed E-state index contributed by atoms with van der Waals surface area (Å²) in [4.78, 5) is 22.6. The summed E-state index contributed by atoms with van der Waals surface area (Å²) >= 11 is 0. The van der Waals surface area contributed by atoms with Crippen molar-refractivity contribution in [2.75, 3.05) is 13.7 Å². The summed E-state index contributed by atoms with van der Waals surface area (Å²) in [5, 5.41) is 14.2. The topological polar surface area (TPSA) is 87.7 Å². The Morgan fingerprint density at radius 1 is 1.30 bits per heavy atom. The first kappa shape index (κ1) is 16.0. The monoisotopic (exact) mass is 280 g/mol. The van der Waals surface area contributed by atoms with Crippen molar-refractivity contribution in [3.8, 4) is 0 Å². The highest BCUT2D eigenvalue weighted by atomic mass is 16.5. The number of carbonyl (C=O) groups excluding carboxylic acids is 1. The molecule has 0 aliphatic heterocycles. The Morgan fingerprint density at radius 2 is 1.95 bits per heavy atom. The fourth-order valence-electron chi connectivity index (χ4n) is 1.64. The first-order chi connectivity index (χ1) is 9.52. The summed E-state index contributed by atoms with van der Waals surface area (Å²) in [7, 11) is 1.56. The minimum atomic E-state index is -0.968. The molecule has 0 heterocycles. The lowest BCUT2D eigenvalue weighted by molar-refractivity contribution is -0.137. The predicted octanol–water partition coefficient (Wildman–Crippen LogP) is 1.54. The van der Waals surface area contributed by atoms with Gasteiger partial charge in [0.2, 0.25) is 0 Å². The molecule has 6 heteroatoms. The summed E-state index contributed by atoms with van der Waals surface area (Å²) in [6.45, 7) is 2.18. The number of hydrogen-bond acceptors (Lipinski definition) is 3. The van der Waals surface area contributed by atoms with E-state index in [4.69, 9.17) is 9.84 Å². The van der Waals surface area contributed by atoms with Gasteiger partial charge in [0.15, 0.2) is 0 Å². The highest BCUT2D eigenvalue weighted by Crippen LogP contribution is 2.16. The van der Waals surface area contributed by atoms with Crippen LogP contribution < -0.4 is 10.6 Å². The molecule has 0 bridgehead atoms. The molecule has 0 radical (unpaired) electrons. The molecule has 0 spiro atoms. The Kier molecular flexibility index (Phi) is 6.52. The van der Waals surface area contributed by atoms with Crippen LogP contribution in [0.4, 0.5) is 4.79 Å². The molecule has 0 saturated heterocycles. The van der Waals surface area contributed by atoms with Crippen LogP contribution in [0.5, 0.6) is 0 Å². The summed E-state index contributed by atoms with van der Waals surface area (Å²) in [5.74, 6) is -0.968. The number of hydrogen-bond donors (Lipinski definition) is 3. The summed E-state index contributed by atoms with van der Waals surface area (Å²) in [6.07, 6.45) is -0.271. The average Bonchev–Trinajstić information content (AvgIpc) is 2.44. The van der Waals surface area contributed by atoms with E-state index in [0.717, 1.165) is 5.56 Å². The average molecular weight is 280 g/mol. The highest BCUT2D eigenvalue weighted by Gasteiger charge is 2.17. The molecule has 1 rings (SSSR count). The van der Waals surface area contributed by atoms with Crippen LogP contribution in [0.25, 0.3) is 0 Å². The highest BCUT2D eigenvalue weighted by molar-refractivity contribution is 5.76. The van der Waals surface area contributed by atoms with Crippen LogP contribution in [0.2, 0.25) is 0 Å². The molecule has 0 aliphatic carbocycles. The van der Waals surface area contributed by atoms with Gasteiger partial charge in [0.05, 0.1) is 18.6 Å². The van der Waals surface area contributed by atoms with Gasteiger partial charge in [-0.05, 0) is 12.5 Å². The van der Waals surface area contributed by atoms with Gasteiger partial charge in [-0.3, -0.25) is 4.79 Å². The standard InChI is InChI=1S/C14H20N2O4/c1-10(20-2)9-15-14(19)16-12(8-13(17)18)11-6-4-3-5-7-11/h3-7,10,12H,8-9H2,1-2H3,(H,17,18)(H2,15,16,19). The van der Waals surface area contributed by atoms with E-state index in [2.05, 4.69) is 10.6 Å². The number of benzene rings is 1. The normalized spacial score (nSPS) is 13.3. The molecule has 1 aromatic rings. The van der Waals surface area contributed by atoms with Crippen molar-refractivity contribution in [2.45, 2.75) is 25.5 Å².